The van der Waals surface area contributed by atoms with Gasteiger partial charge in [-0.2, -0.15) is 0 Å². The van der Waals surface area contributed by atoms with Gasteiger partial charge in [0, 0.05) is 30.1 Å². The molecule has 1 aliphatic rings. The number of aryl methyl sites for hydroxylation is 1. The molecular formula is C18H22N2O2S. The summed E-state index contributed by atoms with van der Waals surface area (Å²) in [6, 6.07) is 7.74. The van der Waals surface area contributed by atoms with Crippen molar-refractivity contribution in [2.24, 2.45) is 0 Å². The third kappa shape index (κ3) is 3.91. The number of ether oxygens (including phenoxy) is 1. The lowest BCUT2D eigenvalue weighted by Gasteiger charge is -2.32. The molecule has 0 N–H and O–H groups in total. The van der Waals surface area contributed by atoms with Gasteiger partial charge in [-0.05, 0) is 37.5 Å². The molecule has 0 radical (unpaired) electrons. The van der Waals surface area contributed by atoms with E-state index in [1.54, 1.807) is 18.4 Å². The van der Waals surface area contributed by atoms with E-state index >= 15 is 0 Å². The molecule has 1 fully saturated rings. The van der Waals surface area contributed by atoms with Crippen LogP contribution in [-0.2, 0) is 11.2 Å². The van der Waals surface area contributed by atoms with Crippen LogP contribution in [0.2, 0.25) is 0 Å². The lowest BCUT2D eigenvalue weighted by molar-refractivity contribution is -0.131. The van der Waals surface area contributed by atoms with Crippen LogP contribution in [0.25, 0.3) is 0 Å². The second-order valence-corrected chi connectivity index (χ2v) is 6.92. The zero-order valence-corrected chi connectivity index (χ0v) is 14.4. The molecule has 122 valence electrons. The molecular weight excluding hydrogens is 308 g/mol. The quantitative estimate of drug-likeness (QED) is 0.863. The van der Waals surface area contributed by atoms with Crippen LogP contribution in [0.3, 0.4) is 0 Å². The molecule has 1 aromatic heterocycles. The van der Waals surface area contributed by atoms with Crippen LogP contribution in [0.4, 0.5) is 0 Å². The number of piperidine rings is 1. The molecule has 1 saturated heterocycles. The highest BCUT2D eigenvalue weighted by atomic mass is 32.1. The molecule has 0 bridgehead atoms. The Morgan fingerprint density at radius 3 is 3.09 bits per heavy atom. The summed E-state index contributed by atoms with van der Waals surface area (Å²) in [4.78, 5) is 19.2. The number of amides is 1. The molecule has 0 spiro atoms. The Labute approximate surface area is 141 Å². The maximum atomic E-state index is 12.6. The molecule has 0 saturated carbocycles. The Bertz CT molecular complexity index is 683. The first-order valence-electron chi connectivity index (χ1n) is 7.98. The molecule has 1 aliphatic heterocycles. The number of rotatable bonds is 4. The molecule has 4 nitrogen and oxygen atoms in total. The molecule has 1 aromatic carbocycles. The standard InChI is InChI=1S/C18H22N2O2S/c1-13-12-23-18(19-13)15-6-4-8-20(11-15)17(21)10-14-5-3-7-16(9-14)22-2/h3,5,7,9,12,15H,4,6,8,10-11H2,1-2H3. The van der Waals surface area contributed by atoms with Crippen molar-refractivity contribution >= 4 is 17.2 Å². The first-order valence-corrected chi connectivity index (χ1v) is 8.86. The van der Waals surface area contributed by atoms with Crippen LogP contribution >= 0.6 is 11.3 Å². The highest BCUT2D eigenvalue weighted by Crippen LogP contribution is 2.29. The number of hydrogen-bond acceptors (Lipinski definition) is 4. The van der Waals surface area contributed by atoms with Crippen molar-refractivity contribution in [3.8, 4) is 5.75 Å². The minimum Gasteiger partial charge on any atom is -0.497 e. The first kappa shape index (κ1) is 16.0. The summed E-state index contributed by atoms with van der Waals surface area (Å²) in [6.07, 6.45) is 2.60. The van der Waals surface area contributed by atoms with E-state index in [0.29, 0.717) is 12.3 Å². The fourth-order valence-corrected chi connectivity index (χ4v) is 3.96. The van der Waals surface area contributed by atoms with Gasteiger partial charge in [-0.25, -0.2) is 4.98 Å². The van der Waals surface area contributed by atoms with Crippen LogP contribution in [0.5, 0.6) is 5.75 Å². The zero-order chi connectivity index (χ0) is 16.2. The van der Waals surface area contributed by atoms with Gasteiger partial charge >= 0.3 is 0 Å². The Hall–Kier alpha value is -1.88. The third-order valence-corrected chi connectivity index (χ3v) is 5.37. The van der Waals surface area contributed by atoms with Crippen LogP contribution in [-0.4, -0.2) is 36.0 Å². The Kier molecular flexibility index (Phi) is 4.96. The minimum atomic E-state index is 0.191. The molecule has 0 aliphatic carbocycles. The van der Waals surface area contributed by atoms with E-state index in [9.17, 15) is 4.79 Å². The molecule has 1 unspecified atom stereocenters. The van der Waals surface area contributed by atoms with Gasteiger partial charge in [0.05, 0.1) is 18.5 Å². The van der Waals surface area contributed by atoms with Gasteiger partial charge in [0.15, 0.2) is 0 Å². The fraction of sp³-hybridized carbons (Fsp3) is 0.444. The van der Waals surface area contributed by atoms with Gasteiger partial charge in [0.1, 0.15) is 5.75 Å². The van der Waals surface area contributed by atoms with Crippen molar-refractivity contribution in [1.29, 1.82) is 0 Å². The van der Waals surface area contributed by atoms with Gasteiger partial charge in [-0.1, -0.05) is 12.1 Å². The third-order valence-electron chi connectivity index (χ3n) is 4.25. The molecule has 1 atom stereocenters. The summed E-state index contributed by atoms with van der Waals surface area (Å²) in [7, 11) is 1.65. The largest absolute Gasteiger partial charge is 0.497 e. The Morgan fingerprint density at radius 2 is 2.35 bits per heavy atom. The predicted octanol–water partition coefficient (Wildman–Crippen LogP) is 3.41. The SMILES string of the molecule is COc1cccc(CC(=O)N2CCCC(c3nc(C)cs3)C2)c1. The van der Waals surface area contributed by atoms with Crippen LogP contribution in [0.15, 0.2) is 29.6 Å². The average molecular weight is 330 g/mol. The lowest BCUT2D eigenvalue weighted by atomic mass is 9.98. The minimum absolute atomic E-state index is 0.191. The van der Waals surface area contributed by atoms with Crippen molar-refractivity contribution in [2.45, 2.75) is 32.1 Å². The van der Waals surface area contributed by atoms with E-state index in [-0.39, 0.29) is 5.91 Å². The van der Waals surface area contributed by atoms with Gasteiger partial charge in [-0.15, -0.1) is 11.3 Å². The smallest absolute Gasteiger partial charge is 0.227 e. The van der Waals surface area contributed by atoms with E-state index < -0.39 is 0 Å². The summed E-state index contributed by atoms with van der Waals surface area (Å²) in [6.45, 7) is 3.66. The number of nitrogens with zero attached hydrogens (tertiary/aromatic N) is 2. The molecule has 23 heavy (non-hydrogen) atoms. The fourth-order valence-electron chi connectivity index (χ4n) is 3.03. The summed E-state index contributed by atoms with van der Waals surface area (Å²) < 4.78 is 5.23. The van der Waals surface area contributed by atoms with Gasteiger partial charge < -0.3 is 9.64 Å². The maximum Gasteiger partial charge on any atom is 0.227 e. The predicted molar refractivity (Wildman–Crippen MR) is 92.1 cm³/mol. The van der Waals surface area contributed by atoms with Gasteiger partial charge in [-0.3, -0.25) is 4.79 Å². The lowest BCUT2D eigenvalue weighted by Crippen LogP contribution is -2.39. The number of carbonyl (C=O) groups excluding carboxylic acids is 1. The van der Waals surface area contributed by atoms with Crippen molar-refractivity contribution in [2.75, 3.05) is 20.2 Å². The van der Waals surface area contributed by atoms with Crippen LogP contribution in [0.1, 0.15) is 35.0 Å². The molecule has 1 amide bonds. The number of thiazole rings is 1. The highest BCUT2D eigenvalue weighted by Gasteiger charge is 2.26. The van der Waals surface area contributed by atoms with Crippen molar-refractivity contribution in [1.82, 2.24) is 9.88 Å². The topological polar surface area (TPSA) is 42.4 Å². The number of hydrogen-bond donors (Lipinski definition) is 0. The number of methoxy groups -OCH3 is 1. The van der Waals surface area contributed by atoms with E-state index in [1.165, 1.54) is 5.01 Å². The van der Waals surface area contributed by atoms with Crippen molar-refractivity contribution < 1.29 is 9.53 Å². The molecule has 3 rings (SSSR count). The van der Waals surface area contributed by atoms with E-state index in [1.807, 2.05) is 36.1 Å². The summed E-state index contributed by atoms with van der Waals surface area (Å²) in [5.41, 5.74) is 2.08. The molecule has 2 heterocycles. The number of benzene rings is 1. The summed E-state index contributed by atoms with van der Waals surface area (Å²) in [5.74, 6) is 1.37. The van der Waals surface area contributed by atoms with Crippen LogP contribution < -0.4 is 4.74 Å². The second-order valence-electron chi connectivity index (χ2n) is 6.03. The molecule has 2 aromatic rings. The Balaban J connectivity index is 1.64. The monoisotopic (exact) mass is 330 g/mol. The van der Waals surface area contributed by atoms with E-state index in [0.717, 1.165) is 42.9 Å². The van der Waals surface area contributed by atoms with Crippen molar-refractivity contribution in [3.63, 3.8) is 0 Å². The van der Waals surface area contributed by atoms with Gasteiger partial charge in [0.25, 0.3) is 0 Å². The zero-order valence-electron chi connectivity index (χ0n) is 13.6. The van der Waals surface area contributed by atoms with Crippen LogP contribution in [0, 0.1) is 6.92 Å². The van der Waals surface area contributed by atoms with Gasteiger partial charge in [0.2, 0.25) is 5.91 Å². The number of carbonyl (C=O) groups is 1. The van der Waals surface area contributed by atoms with Crippen molar-refractivity contribution in [3.05, 3.63) is 45.9 Å². The first-order chi connectivity index (χ1) is 11.2. The maximum absolute atomic E-state index is 12.6. The second kappa shape index (κ2) is 7.13. The average Bonchev–Trinajstić information content (AvgIpc) is 3.01. The number of aromatic nitrogens is 1. The summed E-state index contributed by atoms with van der Waals surface area (Å²) >= 11 is 1.71. The molecule has 5 heteroatoms. The van der Waals surface area contributed by atoms with E-state index in [4.69, 9.17) is 4.74 Å². The summed E-state index contributed by atoms with van der Waals surface area (Å²) in [5, 5.41) is 3.26. The normalized spacial score (nSPS) is 18.0. The highest BCUT2D eigenvalue weighted by molar-refractivity contribution is 7.09. The number of likely N-dealkylation sites (tertiary alicyclic amines) is 1. The van der Waals surface area contributed by atoms with E-state index in [2.05, 4.69) is 10.4 Å². The Morgan fingerprint density at radius 1 is 1.48 bits per heavy atom.